The number of alkyl halides is 2. The molecule has 6 nitrogen and oxygen atoms in total. The van der Waals surface area contributed by atoms with Crippen molar-refractivity contribution >= 4 is 16.8 Å². The van der Waals surface area contributed by atoms with Crippen LogP contribution < -0.4 is 14.2 Å². The van der Waals surface area contributed by atoms with Gasteiger partial charge in [0.2, 0.25) is 0 Å². The van der Waals surface area contributed by atoms with E-state index >= 15 is 0 Å². The summed E-state index contributed by atoms with van der Waals surface area (Å²) in [4.78, 5) is 18.0. The molecule has 8 heteroatoms. The van der Waals surface area contributed by atoms with Crippen LogP contribution in [0.1, 0.15) is 34.7 Å². The Hall–Kier alpha value is -3.29. The van der Waals surface area contributed by atoms with Gasteiger partial charge in [0.15, 0.2) is 11.5 Å². The van der Waals surface area contributed by atoms with Gasteiger partial charge in [-0.2, -0.15) is 8.78 Å². The van der Waals surface area contributed by atoms with Crippen molar-refractivity contribution in [2.24, 2.45) is 0 Å². The van der Waals surface area contributed by atoms with Gasteiger partial charge in [-0.1, -0.05) is 0 Å². The van der Waals surface area contributed by atoms with Crippen LogP contribution in [0, 0.1) is 0 Å². The Labute approximate surface area is 178 Å². The molecule has 1 aliphatic heterocycles. The van der Waals surface area contributed by atoms with Crippen LogP contribution >= 0.6 is 0 Å². The van der Waals surface area contributed by atoms with Crippen molar-refractivity contribution in [2.75, 3.05) is 27.3 Å². The lowest BCUT2D eigenvalue weighted by atomic mass is 9.89. The molecule has 0 aliphatic carbocycles. The Morgan fingerprint density at radius 3 is 2.52 bits per heavy atom. The second kappa shape index (κ2) is 8.83. The Balaban J connectivity index is 1.46. The van der Waals surface area contributed by atoms with E-state index in [-0.39, 0.29) is 17.4 Å². The highest BCUT2D eigenvalue weighted by molar-refractivity contribution is 5.95. The molecule has 1 N–H and O–H groups in total. The van der Waals surface area contributed by atoms with Crippen LogP contribution in [0.5, 0.6) is 17.2 Å². The molecule has 0 radical (unpaired) electrons. The number of carbonyl (C=O) groups excluding carboxylic acids is 1. The van der Waals surface area contributed by atoms with Gasteiger partial charge in [0, 0.05) is 35.8 Å². The molecule has 0 bridgehead atoms. The molecule has 0 atom stereocenters. The molecular weight excluding hydrogens is 406 g/mol. The van der Waals surface area contributed by atoms with E-state index in [2.05, 4.69) is 9.72 Å². The second-order valence-corrected chi connectivity index (χ2v) is 7.47. The fourth-order valence-corrected chi connectivity index (χ4v) is 4.16. The third-order valence-electron chi connectivity index (χ3n) is 5.77. The maximum absolute atomic E-state index is 12.9. The second-order valence-electron chi connectivity index (χ2n) is 7.47. The van der Waals surface area contributed by atoms with Crippen LogP contribution in [0.4, 0.5) is 8.78 Å². The van der Waals surface area contributed by atoms with E-state index in [1.165, 1.54) is 30.9 Å². The molecule has 1 aromatic heterocycles. The average molecular weight is 430 g/mol. The number of benzene rings is 2. The molecule has 164 valence electrons. The minimum atomic E-state index is -2.96. The van der Waals surface area contributed by atoms with Crippen molar-refractivity contribution in [1.82, 2.24) is 9.88 Å². The molecule has 2 heterocycles. The summed E-state index contributed by atoms with van der Waals surface area (Å²) in [7, 11) is 3.00. The number of carbonyl (C=O) groups is 1. The lowest BCUT2D eigenvalue weighted by Crippen LogP contribution is -2.37. The van der Waals surface area contributed by atoms with E-state index in [1.54, 1.807) is 12.0 Å². The van der Waals surface area contributed by atoms with Crippen LogP contribution in [0.25, 0.3) is 10.9 Å². The number of hydrogen-bond donors (Lipinski definition) is 1. The van der Waals surface area contributed by atoms with Crippen LogP contribution in [0.3, 0.4) is 0 Å². The zero-order valence-corrected chi connectivity index (χ0v) is 17.4. The normalized spacial score (nSPS) is 14.8. The number of nitrogens with one attached hydrogen (secondary N) is 1. The molecule has 1 aliphatic rings. The number of hydrogen-bond acceptors (Lipinski definition) is 4. The number of fused-ring (bicyclic) bond motifs is 1. The van der Waals surface area contributed by atoms with Gasteiger partial charge in [-0.3, -0.25) is 4.79 Å². The summed E-state index contributed by atoms with van der Waals surface area (Å²) in [6.45, 7) is -1.74. The fraction of sp³-hybridized carbons (Fsp3) is 0.348. The van der Waals surface area contributed by atoms with Crippen molar-refractivity contribution in [1.29, 1.82) is 0 Å². The van der Waals surface area contributed by atoms with Crippen molar-refractivity contribution in [2.45, 2.75) is 25.4 Å². The summed E-state index contributed by atoms with van der Waals surface area (Å²) in [6, 6.07) is 10.2. The monoisotopic (exact) mass is 430 g/mol. The predicted octanol–water partition coefficient (Wildman–Crippen LogP) is 4.81. The molecule has 2 aromatic carbocycles. The van der Waals surface area contributed by atoms with Gasteiger partial charge < -0.3 is 24.1 Å². The van der Waals surface area contributed by atoms with E-state index in [1.807, 2.05) is 24.4 Å². The smallest absolute Gasteiger partial charge is 0.387 e. The molecule has 0 unspecified atom stereocenters. The average Bonchev–Trinajstić information content (AvgIpc) is 3.21. The van der Waals surface area contributed by atoms with Crippen LogP contribution in [0.15, 0.2) is 42.6 Å². The van der Waals surface area contributed by atoms with Gasteiger partial charge in [-0.05, 0) is 60.7 Å². The molecule has 4 rings (SSSR count). The van der Waals surface area contributed by atoms with Crippen molar-refractivity contribution in [3.63, 3.8) is 0 Å². The number of aromatic amines is 1. The number of ether oxygens (including phenoxy) is 3. The fourth-order valence-electron chi connectivity index (χ4n) is 4.16. The van der Waals surface area contributed by atoms with Gasteiger partial charge in [0.25, 0.3) is 5.91 Å². The number of nitrogens with zero attached hydrogens (tertiary/aromatic N) is 1. The zero-order chi connectivity index (χ0) is 22.0. The first kappa shape index (κ1) is 21.0. The van der Waals surface area contributed by atoms with Crippen molar-refractivity contribution in [3.05, 3.63) is 53.7 Å². The molecule has 1 amide bonds. The van der Waals surface area contributed by atoms with E-state index in [0.29, 0.717) is 24.6 Å². The molecule has 1 fully saturated rings. The molecule has 0 saturated carbocycles. The molecular formula is C23H24F2N2O4. The highest BCUT2D eigenvalue weighted by Crippen LogP contribution is 2.35. The lowest BCUT2D eigenvalue weighted by molar-refractivity contribution is -0.0512. The summed E-state index contributed by atoms with van der Waals surface area (Å²) in [5.41, 5.74) is 2.68. The number of H-pyrrole nitrogens is 1. The molecule has 1 saturated heterocycles. The minimum absolute atomic E-state index is 0.0949. The Bertz CT molecular complexity index is 1070. The summed E-state index contributed by atoms with van der Waals surface area (Å²) < 4.78 is 39.9. The summed E-state index contributed by atoms with van der Waals surface area (Å²) in [5.74, 6) is 1.01. The number of methoxy groups -OCH3 is 2. The van der Waals surface area contributed by atoms with E-state index < -0.39 is 6.61 Å². The quantitative estimate of drug-likeness (QED) is 0.610. The third kappa shape index (κ3) is 4.28. The van der Waals surface area contributed by atoms with Gasteiger partial charge in [-0.25, -0.2) is 0 Å². The Kier molecular flexibility index (Phi) is 5.97. The van der Waals surface area contributed by atoms with Gasteiger partial charge >= 0.3 is 6.61 Å². The van der Waals surface area contributed by atoms with Gasteiger partial charge in [0.1, 0.15) is 5.75 Å². The predicted molar refractivity (Wildman–Crippen MR) is 112 cm³/mol. The lowest BCUT2D eigenvalue weighted by Gasteiger charge is -2.32. The number of piperidine rings is 1. The maximum Gasteiger partial charge on any atom is 0.387 e. The standard InChI is InChI=1S/C23H24F2N2O4/c1-29-16-4-5-19-17(12-16)18(13-26-19)14-7-9-27(10-8-14)22(28)15-3-6-20(31-23(24)25)21(11-15)30-2/h3-6,11-14,23,26H,7-10H2,1-2H3. The first-order chi connectivity index (χ1) is 15.0. The number of likely N-dealkylation sites (tertiary alicyclic amines) is 1. The number of amides is 1. The van der Waals surface area contributed by atoms with Gasteiger partial charge in [-0.15, -0.1) is 0 Å². The summed E-state index contributed by atoms with van der Waals surface area (Å²) >= 11 is 0. The number of rotatable bonds is 6. The highest BCUT2D eigenvalue weighted by Gasteiger charge is 2.27. The minimum Gasteiger partial charge on any atom is -0.497 e. The molecule has 0 spiro atoms. The first-order valence-electron chi connectivity index (χ1n) is 10.1. The third-order valence-corrected chi connectivity index (χ3v) is 5.77. The molecule has 31 heavy (non-hydrogen) atoms. The number of halogens is 2. The van der Waals surface area contributed by atoms with E-state index in [0.717, 1.165) is 29.5 Å². The maximum atomic E-state index is 12.9. The van der Waals surface area contributed by atoms with Crippen LogP contribution in [0.2, 0.25) is 0 Å². The van der Waals surface area contributed by atoms with Crippen molar-refractivity contribution in [3.8, 4) is 17.2 Å². The van der Waals surface area contributed by atoms with Gasteiger partial charge in [0.05, 0.1) is 14.2 Å². The van der Waals surface area contributed by atoms with Crippen LogP contribution in [-0.2, 0) is 0 Å². The van der Waals surface area contributed by atoms with Crippen molar-refractivity contribution < 1.29 is 27.8 Å². The number of aromatic nitrogens is 1. The largest absolute Gasteiger partial charge is 0.497 e. The summed E-state index contributed by atoms with van der Waals surface area (Å²) in [6.07, 6.45) is 3.71. The van der Waals surface area contributed by atoms with E-state index in [9.17, 15) is 13.6 Å². The highest BCUT2D eigenvalue weighted by atomic mass is 19.3. The van der Waals surface area contributed by atoms with Crippen LogP contribution in [-0.4, -0.2) is 49.7 Å². The first-order valence-corrected chi connectivity index (χ1v) is 10.1. The van der Waals surface area contributed by atoms with E-state index in [4.69, 9.17) is 9.47 Å². The Morgan fingerprint density at radius 2 is 1.84 bits per heavy atom. The topological polar surface area (TPSA) is 63.8 Å². The summed E-state index contributed by atoms with van der Waals surface area (Å²) in [5, 5.41) is 1.14. The zero-order valence-electron chi connectivity index (χ0n) is 17.4. The molecule has 3 aromatic rings. The SMILES string of the molecule is COc1ccc2[nH]cc(C3CCN(C(=O)c4ccc(OC(F)F)c(OC)c4)CC3)c2c1. The Morgan fingerprint density at radius 1 is 1.06 bits per heavy atom.